The molecule has 1 aromatic heterocycles. The van der Waals surface area contributed by atoms with Gasteiger partial charge in [-0.1, -0.05) is 31.9 Å². The Bertz CT molecular complexity index is 1760. The van der Waals surface area contributed by atoms with Gasteiger partial charge in [-0.2, -0.15) is 0 Å². The fraction of sp³-hybridized carbons (Fsp3) is 0.342. The highest BCUT2D eigenvalue weighted by molar-refractivity contribution is 6.01. The molecule has 1 heterocycles. The molecule has 3 aromatic carbocycles. The minimum absolute atomic E-state index is 0.0243. The van der Waals surface area contributed by atoms with Gasteiger partial charge in [0.05, 0.1) is 24.4 Å². The number of hydrogen-bond acceptors (Lipinski definition) is 6. The molecular weight excluding hydrogens is 614 g/mol. The summed E-state index contributed by atoms with van der Waals surface area (Å²) in [4.78, 5) is 33.5. The number of oxazole rings is 1. The number of carbonyl (C=O) groups excluding carboxylic acids is 2. The average molecular weight is 655 g/mol. The normalized spacial score (nSPS) is 14.5. The topological polar surface area (TPSA) is 111 Å². The summed E-state index contributed by atoms with van der Waals surface area (Å²) in [5.41, 5.74) is 9.06. The predicted molar refractivity (Wildman–Crippen MR) is 179 cm³/mol. The van der Waals surface area contributed by atoms with Crippen molar-refractivity contribution < 1.29 is 27.5 Å². The summed E-state index contributed by atoms with van der Waals surface area (Å²) >= 11 is 0. The van der Waals surface area contributed by atoms with E-state index >= 15 is 0 Å². The molecule has 2 atom stereocenters. The molecule has 0 aliphatic heterocycles. The molecule has 0 spiro atoms. The van der Waals surface area contributed by atoms with Crippen LogP contribution in [-0.2, 0) is 16.8 Å². The molecule has 1 unspecified atom stereocenters. The van der Waals surface area contributed by atoms with E-state index in [1.165, 1.54) is 30.7 Å². The van der Waals surface area contributed by atoms with Crippen LogP contribution in [0, 0.1) is 24.0 Å². The second-order valence-electron chi connectivity index (χ2n) is 12.2. The van der Waals surface area contributed by atoms with E-state index in [0.717, 1.165) is 42.9 Å². The van der Waals surface area contributed by atoms with Crippen molar-refractivity contribution in [2.45, 2.75) is 63.6 Å². The van der Waals surface area contributed by atoms with Crippen molar-refractivity contribution in [3.05, 3.63) is 113 Å². The maximum Gasteiger partial charge on any atom is 0.253 e. The van der Waals surface area contributed by atoms with Crippen LogP contribution >= 0.6 is 0 Å². The summed E-state index contributed by atoms with van der Waals surface area (Å²) in [5.74, 6) is 0.657. The number of rotatable bonds is 15. The van der Waals surface area contributed by atoms with E-state index < -0.39 is 35.2 Å². The molecule has 1 aliphatic rings. The molecule has 0 bridgehead atoms. The van der Waals surface area contributed by atoms with E-state index in [0.29, 0.717) is 29.8 Å². The summed E-state index contributed by atoms with van der Waals surface area (Å²) in [7, 11) is 0. The van der Waals surface area contributed by atoms with Crippen LogP contribution in [0.3, 0.4) is 0 Å². The molecule has 10 heteroatoms. The Hall–Kier alpha value is -4.85. The van der Waals surface area contributed by atoms with Gasteiger partial charge in [0.1, 0.15) is 17.9 Å². The molecule has 3 N–H and O–H groups in total. The van der Waals surface area contributed by atoms with Crippen LogP contribution in [0.15, 0.2) is 77.5 Å². The Morgan fingerprint density at radius 2 is 1.77 bits per heavy atom. The Labute approximate surface area is 279 Å². The monoisotopic (exact) mass is 654 g/mol. The zero-order valence-corrected chi connectivity index (χ0v) is 27.2. The highest BCUT2D eigenvalue weighted by atomic mass is 19.1. The number of benzene rings is 3. The minimum Gasteiger partial charge on any atom is -0.445 e. The molecule has 5 rings (SSSR count). The second kappa shape index (κ2) is 15.4. The van der Waals surface area contributed by atoms with E-state index in [1.54, 1.807) is 17.0 Å². The number of amides is 2. The molecule has 4 aromatic rings. The van der Waals surface area contributed by atoms with E-state index in [1.807, 2.05) is 38.1 Å². The Morgan fingerprint density at radius 1 is 1.06 bits per heavy atom. The summed E-state index contributed by atoms with van der Waals surface area (Å²) in [5, 5.41) is 2.96. The number of ether oxygens (including phenoxy) is 1. The zero-order chi connectivity index (χ0) is 34.3. The lowest BCUT2D eigenvalue weighted by molar-refractivity contribution is 0.0164. The van der Waals surface area contributed by atoms with E-state index in [9.17, 15) is 18.4 Å². The molecule has 48 heavy (non-hydrogen) atoms. The quantitative estimate of drug-likeness (QED) is 0.147. The van der Waals surface area contributed by atoms with Crippen LogP contribution in [0.1, 0.15) is 76.9 Å². The molecule has 0 saturated heterocycles. The number of nitrogens with zero attached hydrogens (tertiary/aromatic N) is 2. The summed E-state index contributed by atoms with van der Waals surface area (Å²) in [6.45, 7) is 5.16. The Morgan fingerprint density at radius 3 is 2.40 bits per heavy atom. The van der Waals surface area contributed by atoms with E-state index in [-0.39, 0.29) is 30.4 Å². The van der Waals surface area contributed by atoms with E-state index in [2.05, 4.69) is 16.2 Å². The van der Waals surface area contributed by atoms with Gasteiger partial charge >= 0.3 is 0 Å². The van der Waals surface area contributed by atoms with Crippen LogP contribution < -0.4 is 11.1 Å². The van der Waals surface area contributed by atoms with Crippen LogP contribution in [0.5, 0.6) is 0 Å². The first-order valence-electron chi connectivity index (χ1n) is 16.2. The maximum absolute atomic E-state index is 14.2. The first-order valence-corrected chi connectivity index (χ1v) is 16.2. The van der Waals surface area contributed by atoms with E-state index in [4.69, 9.17) is 21.3 Å². The van der Waals surface area contributed by atoms with Gasteiger partial charge in [0.25, 0.3) is 11.8 Å². The van der Waals surface area contributed by atoms with Crippen molar-refractivity contribution in [1.82, 2.24) is 15.2 Å². The van der Waals surface area contributed by atoms with Gasteiger partial charge in [-0.05, 0) is 85.7 Å². The number of nitrogens with two attached hydrogens (primary N) is 1. The largest absolute Gasteiger partial charge is 0.445 e. The summed E-state index contributed by atoms with van der Waals surface area (Å²) in [6, 6.07) is 14.0. The predicted octanol–water partition coefficient (Wildman–Crippen LogP) is 6.24. The zero-order valence-electron chi connectivity index (χ0n) is 27.2. The molecule has 2 amide bonds. The number of aromatic nitrogens is 1. The van der Waals surface area contributed by atoms with Gasteiger partial charge in [0.2, 0.25) is 5.89 Å². The second-order valence-corrected chi connectivity index (χ2v) is 12.2. The molecule has 1 saturated carbocycles. The van der Waals surface area contributed by atoms with Crippen LogP contribution in [0.25, 0.3) is 11.5 Å². The van der Waals surface area contributed by atoms with Gasteiger partial charge in [0.15, 0.2) is 0 Å². The SMILES string of the molecule is C#Cc1cccc(C2(OCC(N)[C@H](Cc3cc(F)cc(F)c3)NC(=O)c3cc(C(=O)N(CCC)CCC)cc(-c4ncco4)c3)CC2)c1. The van der Waals surface area contributed by atoms with Crippen molar-refractivity contribution in [3.8, 4) is 23.8 Å². The third-order valence-electron chi connectivity index (χ3n) is 8.42. The molecular formula is C38H40F2N4O4. The maximum atomic E-state index is 14.2. The van der Waals surface area contributed by atoms with Crippen LogP contribution in [0.4, 0.5) is 8.78 Å². The third-order valence-corrected chi connectivity index (χ3v) is 8.42. The minimum atomic E-state index is -0.798. The van der Waals surface area contributed by atoms with Crippen molar-refractivity contribution >= 4 is 11.8 Å². The highest BCUT2D eigenvalue weighted by Crippen LogP contribution is 2.49. The first-order chi connectivity index (χ1) is 23.1. The fourth-order valence-electron chi connectivity index (χ4n) is 5.85. The lowest BCUT2D eigenvalue weighted by Gasteiger charge is -2.28. The number of carbonyl (C=O) groups is 2. The van der Waals surface area contributed by atoms with Gasteiger partial charge < -0.3 is 25.1 Å². The molecule has 250 valence electrons. The van der Waals surface area contributed by atoms with Crippen molar-refractivity contribution in [3.63, 3.8) is 0 Å². The molecule has 8 nitrogen and oxygen atoms in total. The Balaban J connectivity index is 1.43. The fourth-order valence-corrected chi connectivity index (χ4v) is 5.85. The lowest BCUT2D eigenvalue weighted by Crippen LogP contribution is -2.51. The number of terminal acetylenes is 1. The van der Waals surface area contributed by atoms with Crippen molar-refractivity contribution in [1.29, 1.82) is 0 Å². The molecule has 1 aliphatic carbocycles. The molecule has 0 radical (unpaired) electrons. The van der Waals surface area contributed by atoms with Gasteiger partial charge in [-0.25, -0.2) is 13.8 Å². The Kier molecular flexibility index (Phi) is 11.0. The van der Waals surface area contributed by atoms with Crippen molar-refractivity contribution in [2.75, 3.05) is 19.7 Å². The van der Waals surface area contributed by atoms with Crippen molar-refractivity contribution in [2.24, 2.45) is 5.73 Å². The lowest BCUT2D eigenvalue weighted by atomic mass is 9.98. The summed E-state index contributed by atoms with van der Waals surface area (Å²) < 4.78 is 40.3. The standard InChI is InChI=1S/C38H40F2N4O4/c1-4-13-44(14-5-2)37(46)29-21-27(20-28(22-29)36-42-12-15-47-36)35(45)43-34(19-26-17-31(39)23-32(40)18-26)33(41)24-48-38(10-11-38)30-9-7-8-25(6-3)16-30/h3,7-9,12,15-18,20-23,33-34H,4-5,10-11,13-14,19,24,41H2,1-2H3,(H,43,45)/t33?,34-/m0/s1. The van der Waals surface area contributed by atoms with Crippen LogP contribution in [-0.4, -0.2) is 53.5 Å². The smallest absolute Gasteiger partial charge is 0.253 e. The number of hydrogen-bond donors (Lipinski definition) is 2. The van der Waals surface area contributed by atoms with Crippen LogP contribution in [0.2, 0.25) is 0 Å². The first kappa shape index (κ1) is 34.5. The van der Waals surface area contributed by atoms with Gasteiger partial charge in [-0.15, -0.1) is 6.42 Å². The molecule has 1 fully saturated rings. The number of nitrogens with one attached hydrogen (secondary N) is 1. The summed E-state index contributed by atoms with van der Waals surface area (Å²) in [6.07, 6.45) is 11.6. The number of halogens is 2. The highest BCUT2D eigenvalue weighted by Gasteiger charge is 2.46. The van der Waals surface area contributed by atoms with Gasteiger partial charge in [-0.3, -0.25) is 9.59 Å². The average Bonchev–Trinajstić information content (AvgIpc) is 3.67. The van der Waals surface area contributed by atoms with Gasteiger partial charge in [0, 0.05) is 47.5 Å². The third kappa shape index (κ3) is 8.35.